The zero-order valence-corrected chi connectivity index (χ0v) is 14.1. The van der Waals surface area contributed by atoms with E-state index >= 15 is 0 Å². The average molecular weight is 366 g/mol. The monoisotopic (exact) mass is 365 g/mol. The highest BCUT2D eigenvalue weighted by Gasteiger charge is 2.42. The summed E-state index contributed by atoms with van der Waals surface area (Å²) in [6.45, 7) is 0. The van der Waals surface area contributed by atoms with Gasteiger partial charge in [-0.1, -0.05) is 23.2 Å². The van der Waals surface area contributed by atoms with E-state index in [2.05, 4.69) is 10.3 Å². The average Bonchev–Trinajstić information content (AvgIpc) is 2.86. The number of hydrogen-bond donors (Lipinski definition) is 1. The van der Waals surface area contributed by atoms with E-state index in [4.69, 9.17) is 23.2 Å². The fraction of sp³-hybridized carbons (Fsp3) is 0.294. The van der Waals surface area contributed by atoms with E-state index in [1.807, 2.05) is 4.90 Å². The predicted octanol–water partition coefficient (Wildman–Crippen LogP) is 4.82. The summed E-state index contributed by atoms with van der Waals surface area (Å²) >= 11 is 11.9. The topological polar surface area (TPSA) is 45.2 Å². The Hall–Kier alpha value is -1.85. The van der Waals surface area contributed by atoms with Gasteiger partial charge in [0.2, 0.25) is 5.95 Å². The first-order chi connectivity index (χ1) is 11.5. The van der Waals surface area contributed by atoms with Crippen LogP contribution in [0.25, 0.3) is 0 Å². The molecule has 2 aliphatic rings. The van der Waals surface area contributed by atoms with Gasteiger partial charge in [-0.25, -0.2) is 9.78 Å². The molecule has 0 saturated carbocycles. The quantitative estimate of drug-likeness (QED) is 0.736. The summed E-state index contributed by atoms with van der Waals surface area (Å²) in [7, 11) is 0. The van der Waals surface area contributed by atoms with Gasteiger partial charge in [-0.05, 0) is 54.7 Å². The SMILES string of the molecule is O=C(Nc1ccc(Cl)c(Cl)c1)N1[C@H]2CC[C@@H]1c1cnc(F)cc1C2. The minimum Gasteiger partial charge on any atom is -0.314 e. The molecule has 1 aromatic heterocycles. The van der Waals surface area contributed by atoms with Crippen molar-refractivity contribution in [3.05, 3.63) is 57.6 Å². The highest BCUT2D eigenvalue weighted by Crippen LogP contribution is 2.43. The van der Waals surface area contributed by atoms with Gasteiger partial charge in [0.15, 0.2) is 0 Å². The lowest BCUT2D eigenvalue weighted by molar-refractivity contribution is 0.179. The Kier molecular flexibility index (Phi) is 3.85. The zero-order valence-electron chi connectivity index (χ0n) is 12.6. The van der Waals surface area contributed by atoms with E-state index in [1.54, 1.807) is 24.4 Å². The normalized spacial score (nSPS) is 21.5. The first-order valence-corrected chi connectivity index (χ1v) is 8.47. The van der Waals surface area contributed by atoms with Gasteiger partial charge >= 0.3 is 6.03 Å². The Balaban J connectivity index is 1.59. The maximum atomic E-state index is 13.4. The maximum absolute atomic E-state index is 13.4. The van der Waals surface area contributed by atoms with Gasteiger partial charge in [0.1, 0.15) is 0 Å². The lowest BCUT2D eigenvalue weighted by atomic mass is 9.95. The fourth-order valence-electron chi connectivity index (χ4n) is 3.67. The second kappa shape index (κ2) is 5.90. The summed E-state index contributed by atoms with van der Waals surface area (Å²) in [5, 5.41) is 3.70. The van der Waals surface area contributed by atoms with Crippen LogP contribution in [0, 0.1) is 5.95 Å². The molecule has 2 atom stereocenters. The van der Waals surface area contributed by atoms with E-state index in [1.165, 1.54) is 6.07 Å². The lowest BCUT2D eigenvalue weighted by Crippen LogP contribution is -2.44. The largest absolute Gasteiger partial charge is 0.322 e. The molecule has 0 aliphatic carbocycles. The molecular formula is C17H14Cl2FN3O. The molecule has 1 saturated heterocycles. The second-order valence-corrected chi connectivity index (χ2v) is 6.94. The molecule has 0 spiro atoms. The third kappa shape index (κ3) is 2.62. The van der Waals surface area contributed by atoms with Crippen molar-refractivity contribution >= 4 is 34.9 Å². The van der Waals surface area contributed by atoms with Gasteiger partial charge in [0, 0.05) is 17.9 Å². The molecule has 0 radical (unpaired) electrons. The van der Waals surface area contributed by atoms with E-state index in [0.29, 0.717) is 22.2 Å². The Morgan fingerprint density at radius 1 is 1.25 bits per heavy atom. The van der Waals surface area contributed by atoms with Crippen LogP contribution < -0.4 is 5.32 Å². The molecule has 24 heavy (non-hydrogen) atoms. The van der Waals surface area contributed by atoms with Crippen LogP contribution in [0.2, 0.25) is 10.0 Å². The van der Waals surface area contributed by atoms with Gasteiger partial charge in [-0.2, -0.15) is 4.39 Å². The van der Waals surface area contributed by atoms with Crippen LogP contribution in [-0.2, 0) is 6.42 Å². The summed E-state index contributed by atoms with van der Waals surface area (Å²) in [5.41, 5.74) is 2.49. The van der Waals surface area contributed by atoms with Crippen molar-refractivity contribution in [2.75, 3.05) is 5.32 Å². The summed E-state index contributed by atoms with van der Waals surface area (Å²) in [6.07, 6.45) is 3.96. The summed E-state index contributed by atoms with van der Waals surface area (Å²) in [6, 6.07) is 6.29. The molecule has 1 fully saturated rings. The van der Waals surface area contributed by atoms with Crippen molar-refractivity contribution in [2.45, 2.75) is 31.3 Å². The number of hydrogen-bond acceptors (Lipinski definition) is 2. The number of urea groups is 1. The summed E-state index contributed by atoms with van der Waals surface area (Å²) in [5.74, 6) is -0.471. The van der Waals surface area contributed by atoms with Crippen molar-refractivity contribution in [1.29, 1.82) is 0 Å². The number of nitrogens with zero attached hydrogens (tertiary/aromatic N) is 2. The lowest BCUT2D eigenvalue weighted by Gasteiger charge is -2.36. The highest BCUT2D eigenvalue weighted by atomic mass is 35.5. The summed E-state index contributed by atoms with van der Waals surface area (Å²) < 4.78 is 13.4. The summed E-state index contributed by atoms with van der Waals surface area (Å²) in [4.78, 5) is 18.3. The fourth-order valence-corrected chi connectivity index (χ4v) is 3.97. The first-order valence-electron chi connectivity index (χ1n) is 7.71. The molecule has 2 aromatic rings. The van der Waals surface area contributed by atoms with Crippen molar-refractivity contribution < 1.29 is 9.18 Å². The molecule has 2 amide bonds. The van der Waals surface area contributed by atoms with E-state index in [9.17, 15) is 9.18 Å². The van der Waals surface area contributed by atoms with Crippen LogP contribution in [0.1, 0.15) is 30.0 Å². The molecule has 4 rings (SSSR count). The number of halogens is 3. The number of carbonyl (C=O) groups excluding carboxylic acids is 1. The number of fused-ring (bicyclic) bond motifs is 4. The van der Waals surface area contributed by atoms with E-state index in [-0.39, 0.29) is 18.1 Å². The molecule has 1 N–H and O–H groups in total. The van der Waals surface area contributed by atoms with E-state index < -0.39 is 5.95 Å². The smallest absolute Gasteiger partial charge is 0.314 e. The Morgan fingerprint density at radius 3 is 2.88 bits per heavy atom. The number of pyridine rings is 1. The minimum absolute atomic E-state index is 0.0605. The van der Waals surface area contributed by atoms with Crippen LogP contribution in [0.3, 0.4) is 0 Å². The van der Waals surface area contributed by atoms with Crippen molar-refractivity contribution in [3.63, 3.8) is 0 Å². The second-order valence-electron chi connectivity index (χ2n) is 6.12. The standard InChI is InChI=1S/C17H14Cl2FN3O/c18-13-3-1-10(7-14(13)19)22-17(24)23-11-2-4-15(23)12-8-21-16(20)6-9(12)5-11/h1,3,6-8,11,15H,2,4-5H2,(H,22,24)/t11-,15+/m0/s1. The van der Waals surface area contributed by atoms with Crippen LogP contribution in [0.5, 0.6) is 0 Å². The number of carbonyl (C=O) groups is 1. The van der Waals surface area contributed by atoms with Crippen molar-refractivity contribution in [1.82, 2.24) is 9.88 Å². The molecule has 7 heteroatoms. The van der Waals surface area contributed by atoms with Crippen molar-refractivity contribution in [3.8, 4) is 0 Å². The molecule has 4 nitrogen and oxygen atoms in total. The van der Waals surface area contributed by atoms with E-state index in [0.717, 1.165) is 24.0 Å². The predicted molar refractivity (Wildman–Crippen MR) is 91.0 cm³/mol. The Bertz CT molecular complexity index is 829. The Morgan fingerprint density at radius 2 is 2.08 bits per heavy atom. The third-order valence-electron chi connectivity index (χ3n) is 4.71. The molecule has 3 heterocycles. The molecule has 124 valence electrons. The number of benzene rings is 1. The highest BCUT2D eigenvalue weighted by molar-refractivity contribution is 6.42. The maximum Gasteiger partial charge on any atom is 0.322 e. The number of nitrogens with one attached hydrogen (secondary N) is 1. The first kappa shape index (κ1) is 15.7. The molecule has 1 aromatic carbocycles. The Labute approximate surface area is 148 Å². The van der Waals surface area contributed by atoms with Gasteiger partial charge in [0.25, 0.3) is 0 Å². The minimum atomic E-state index is -0.471. The van der Waals surface area contributed by atoms with Gasteiger partial charge < -0.3 is 10.2 Å². The van der Waals surface area contributed by atoms with Crippen molar-refractivity contribution in [2.24, 2.45) is 0 Å². The van der Waals surface area contributed by atoms with Gasteiger partial charge in [-0.15, -0.1) is 0 Å². The number of aromatic nitrogens is 1. The molecule has 2 aliphatic heterocycles. The number of rotatable bonds is 1. The number of anilines is 1. The molecular weight excluding hydrogens is 352 g/mol. The molecule has 2 bridgehead atoms. The molecule has 0 unspecified atom stereocenters. The van der Waals surface area contributed by atoms with Gasteiger partial charge in [-0.3, -0.25) is 0 Å². The van der Waals surface area contributed by atoms with Crippen LogP contribution in [0.15, 0.2) is 30.5 Å². The zero-order chi connectivity index (χ0) is 16.8. The van der Waals surface area contributed by atoms with Gasteiger partial charge in [0.05, 0.1) is 16.1 Å². The number of amides is 2. The van der Waals surface area contributed by atoms with Crippen LogP contribution >= 0.6 is 23.2 Å². The van der Waals surface area contributed by atoms with Crippen LogP contribution in [0.4, 0.5) is 14.9 Å². The third-order valence-corrected chi connectivity index (χ3v) is 5.45. The van der Waals surface area contributed by atoms with Crippen LogP contribution in [-0.4, -0.2) is 22.0 Å².